The lowest BCUT2D eigenvalue weighted by atomic mass is 10.1. The maximum absolute atomic E-state index is 13.4. The van der Waals surface area contributed by atoms with Crippen LogP contribution in [0.4, 0.5) is 4.39 Å². The summed E-state index contributed by atoms with van der Waals surface area (Å²) in [5.41, 5.74) is 0.381. The van der Waals surface area contributed by atoms with E-state index in [1.54, 1.807) is 0 Å². The lowest BCUT2D eigenvalue weighted by molar-refractivity contribution is 0.0695. The second-order valence-corrected chi connectivity index (χ2v) is 4.09. The van der Waals surface area contributed by atoms with Crippen LogP contribution in [0, 0.1) is 5.82 Å². The van der Waals surface area contributed by atoms with Crippen LogP contribution in [-0.2, 0) is 0 Å². The fourth-order valence-corrected chi connectivity index (χ4v) is 2.06. The lowest BCUT2D eigenvalue weighted by Crippen LogP contribution is -2.00. The Kier molecular flexibility index (Phi) is 2.97. The zero-order valence-corrected chi connectivity index (χ0v) is 10.3. The molecule has 0 aliphatic rings. The van der Waals surface area contributed by atoms with Crippen molar-refractivity contribution in [2.24, 2.45) is 0 Å². The molecule has 0 unspecified atom stereocenters. The SMILES string of the molecule is COc1cc2c(Br)c(C(=O)O)cnc2cc1F. The first kappa shape index (κ1) is 11.8. The fourth-order valence-electron chi connectivity index (χ4n) is 1.47. The molecular weight excluding hydrogens is 293 g/mol. The van der Waals surface area contributed by atoms with Crippen LogP contribution in [-0.4, -0.2) is 23.2 Å². The van der Waals surface area contributed by atoms with Gasteiger partial charge in [-0.05, 0) is 22.0 Å². The molecular formula is C11H7BrFNO3. The Labute approximate surface area is 104 Å². The van der Waals surface area contributed by atoms with Gasteiger partial charge in [-0.3, -0.25) is 4.98 Å². The van der Waals surface area contributed by atoms with E-state index in [9.17, 15) is 9.18 Å². The van der Waals surface area contributed by atoms with Gasteiger partial charge in [0.2, 0.25) is 0 Å². The van der Waals surface area contributed by atoms with Crippen molar-refractivity contribution >= 4 is 32.8 Å². The van der Waals surface area contributed by atoms with Crippen LogP contribution in [0.25, 0.3) is 10.9 Å². The van der Waals surface area contributed by atoms with Crippen LogP contribution in [0.15, 0.2) is 22.8 Å². The van der Waals surface area contributed by atoms with Gasteiger partial charge in [-0.2, -0.15) is 0 Å². The summed E-state index contributed by atoms with van der Waals surface area (Å²) in [6.45, 7) is 0. The van der Waals surface area contributed by atoms with E-state index < -0.39 is 11.8 Å². The highest BCUT2D eigenvalue weighted by molar-refractivity contribution is 9.10. The molecule has 0 radical (unpaired) electrons. The molecule has 0 saturated heterocycles. The molecule has 0 bridgehead atoms. The summed E-state index contributed by atoms with van der Waals surface area (Å²) in [5, 5.41) is 9.42. The smallest absolute Gasteiger partial charge is 0.338 e. The van der Waals surface area contributed by atoms with Gasteiger partial charge in [-0.1, -0.05) is 0 Å². The number of hydrogen-bond donors (Lipinski definition) is 1. The standard InChI is InChI=1S/C11H7BrFNO3/c1-17-9-2-5-8(3-7(9)13)14-4-6(10(5)12)11(15)16/h2-4H,1H3,(H,15,16). The second kappa shape index (κ2) is 4.29. The number of hydrogen-bond acceptors (Lipinski definition) is 3. The Morgan fingerprint density at radius 3 is 2.82 bits per heavy atom. The van der Waals surface area contributed by atoms with Gasteiger partial charge in [-0.15, -0.1) is 0 Å². The number of methoxy groups -OCH3 is 1. The highest BCUT2D eigenvalue weighted by Gasteiger charge is 2.14. The predicted octanol–water partition coefficient (Wildman–Crippen LogP) is 2.84. The number of fused-ring (bicyclic) bond motifs is 1. The summed E-state index contributed by atoms with van der Waals surface area (Å²) >= 11 is 3.17. The molecule has 0 saturated carbocycles. The molecule has 1 aromatic heterocycles. The first-order valence-corrected chi connectivity index (χ1v) is 5.39. The number of carbonyl (C=O) groups is 1. The van der Waals surface area contributed by atoms with Gasteiger partial charge < -0.3 is 9.84 Å². The molecule has 0 fully saturated rings. The van der Waals surface area contributed by atoms with Crippen molar-refractivity contribution in [1.82, 2.24) is 4.98 Å². The van der Waals surface area contributed by atoms with Crippen molar-refractivity contribution in [3.8, 4) is 5.75 Å². The summed E-state index contributed by atoms with van der Waals surface area (Å²) in [5.74, 6) is -1.60. The van der Waals surface area contributed by atoms with Crippen molar-refractivity contribution in [2.75, 3.05) is 7.11 Å². The molecule has 17 heavy (non-hydrogen) atoms. The normalized spacial score (nSPS) is 10.5. The van der Waals surface area contributed by atoms with Crippen molar-refractivity contribution in [2.45, 2.75) is 0 Å². The average Bonchev–Trinajstić information content (AvgIpc) is 2.28. The molecule has 6 heteroatoms. The van der Waals surface area contributed by atoms with E-state index in [1.165, 1.54) is 25.4 Å². The maximum atomic E-state index is 13.4. The molecule has 1 aromatic carbocycles. The summed E-state index contributed by atoms with van der Waals surface area (Å²) in [4.78, 5) is 14.8. The molecule has 0 aliphatic heterocycles. The third-order valence-electron chi connectivity index (χ3n) is 2.31. The van der Waals surface area contributed by atoms with E-state index in [4.69, 9.17) is 9.84 Å². The predicted molar refractivity (Wildman–Crippen MR) is 62.9 cm³/mol. The van der Waals surface area contributed by atoms with E-state index in [1.807, 2.05) is 0 Å². The van der Waals surface area contributed by atoms with E-state index in [2.05, 4.69) is 20.9 Å². The number of carboxylic acids is 1. The maximum Gasteiger partial charge on any atom is 0.338 e. The summed E-state index contributed by atoms with van der Waals surface area (Å²) < 4.78 is 18.6. The number of benzene rings is 1. The minimum absolute atomic E-state index is 0.0196. The number of aromatic nitrogens is 1. The third-order valence-corrected chi connectivity index (χ3v) is 3.16. The molecule has 0 aliphatic carbocycles. The van der Waals surface area contributed by atoms with E-state index >= 15 is 0 Å². The monoisotopic (exact) mass is 299 g/mol. The van der Waals surface area contributed by atoms with Gasteiger partial charge in [0.25, 0.3) is 0 Å². The molecule has 0 atom stereocenters. The second-order valence-electron chi connectivity index (χ2n) is 3.29. The number of carboxylic acid groups (broad SMARTS) is 1. The minimum atomic E-state index is -1.10. The van der Waals surface area contributed by atoms with Gasteiger partial charge >= 0.3 is 5.97 Å². The molecule has 4 nitrogen and oxygen atoms in total. The number of ether oxygens (including phenoxy) is 1. The quantitative estimate of drug-likeness (QED) is 0.926. The van der Waals surface area contributed by atoms with Crippen molar-refractivity contribution in [3.05, 3.63) is 34.2 Å². The number of halogens is 2. The third kappa shape index (κ3) is 1.95. The average molecular weight is 300 g/mol. The zero-order valence-electron chi connectivity index (χ0n) is 8.70. The highest BCUT2D eigenvalue weighted by atomic mass is 79.9. The zero-order chi connectivity index (χ0) is 12.6. The molecule has 1 heterocycles. The number of pyridine rings is 1. The highest BCUT2D eigenvalue weighted by Crippen LogP contribution is 2.31. The van der Waals surface area contributed by atoms with Gasteiger partial charge in [0, 0.05) is 22.1 Å². The number of aromatic carboxylic acids is 1. The van der Waals surface area contributed by atoms with Crippen molar-refractivity contribution < 1.29 is 19.0 Å². The first-order chi connectivity index (χ1) is 8.04. The van der Waals surface area contributed by atoms with Gasteiger partial charge in [0.05, 0.1) is 18.2 Å². The fraction of sp³-hybridized carbons (Fsp3) is 0.0909. The Balaban J connectivity index is 2.80. The first-order valence-electron chi connectivity index (χ1n) is 4.59. The topological polar surface area (TPSA) is 59.4 Å². The Morgan fingerprint density at radius 1 is 1.53 bits per heavy atom. The summed E-state index contributed by atoms with van der Waals surface area (Å²) in [6.07, 6.45) is 1.18. The van der Waals surface area contributed by atoms with E-state index in [0.29, 0.717) is 15.4 Å². The molecule has 88 valence electrons. The van der Waals surface area contributed by atoms with E-state index in [0.717, 1.165) is 0 Å². The van der Waals surface area contributed by atoms with Crippen LogP contribution in [0.2, 0.25) is 0 Å². The van der Waals surface area contributed by atoms with E-state index in [-0.39, 0.29) is 11.3 Å². The summed E-state index contributed by atoms with van der Waals surface area (Å²) in [7, 11) is 1.34. The van der Waals surface area contributed by atoms with Crippen molar-refractivity contribution in [3.63, 3.8) is 0 Å². The van der Waals surface area contributed by atoms with Crippen molar-refractivity contribution in [1.29, 1.82) is 0 Å². The van der Waals surface area contributed by atoms with Gasteiger partial charge in [0.1, 0.15) is 0 Å². The van der Waals surface area contributed by atoms with Crippen LogP contribution >= 0.6 is 15.9 Å². The summed E-state index contributed by atoms with van der Waals surface area (Å²) in [6, 6.07) is 2.61. The Hall–Kier alpha value is -1.69. The molecule has 0 amide bonds. The largest absolute Gasteiger partial charge is 0.494 e. The van der Waals surface area contributed by atoms with Crippen LogP contribution in [0.5, 0.6) is 5.75 Å². The molecule has 1 N–H and O–H groups in total. The van der Waals surface area contributed by atoms with Crippen LogP contribution < -0.4 is 4.74 Å². The number of rotatable bonds is 2. The molecule has 2 rings (SSSR count). The van der Waals surface area contributed by atoms with Crippen LogP contribution in [0.1, 0.15) is 10.4 Å². The minimum Gasteiger partial charge on any atom is -0.494 e. The number of nitrogens with zero attached hydrogens (tertiary/aromatic N) is 1. The lowest BCUT2D eigenvalue weighted by Gasteiger charge is -2.07. The van der Waals surface area contributed by atoms with Gasteiger partial charge in [-0.25, -0.2) is 9.18 Å². The Bertz CT molecular complexity index is 615. The Morgan fingerprint density at radius 2 is 2.24 bits per heavy atom. The van der Waals surface area contributed by atoms with Gasteiger partial charge in [0.15, 0.2) is 11.6 Å². The molecule has 2 aromatic rings. The van der Waals surface area contributed by atoms with Crippen LogP contribution in [0.3, 0.4) is 0 Å². The molecule has 0 spiro atoms.